The van der Waals surface area contributed by atoms with E-state index in [0.29, 0.717) is 0 Å². The molecular weight excluding hydrogens is 252 g/mol. The van der Waals surface area contributed by atoms with Crippen LogP contribution in [0.5, 0.6) is 0 Å². The van der Waals surface area contributed by atoms with E-state index in [2.05, 4.69) is 41.4 Å². The van der Waals surface area contributed by atoms with Crippen LogP contribution in [0.15, 0.2) is 6.07 Å². The molecule has 1 aliphatic carbocycles. The molecule has 0 saturated heterocycles. The summed E-state index contributed by atoms with van der Waals surface area (Å²) in [4.78, 5) is 9.14. The van der Waals surface area contributed by atoms with Crippen molar-refractivity contribution in [3.63, 3.8) is 0 Å². The number of nitrogens with zero attached hydrogens (tertiary/aromatic N) is 2. The fraction of sp³-hybridized carbons (Fsp3) is 0.733. The highest BCUT2D eigenvalue weighted by Gasteiger charge is 2.41. The number of anilines is 2. The van der Waals surface area contributed by atoms with E-state index < -0.39 is 0 Å². The van der Waals surface area contributed by atoms with Gasteiger partial charge in [0, 0.05) is 31.7 Å². The summed E-state index contributed by atoms with van der Waals surface area (Å²) in [7, 11) is 1.87. The zero-order valence-corrected chi connectivity index (χ0v) is 13.0. The van der Waals surface area contributed by atoms with Crippen LogP contribution in [-0.4, -0.2) is 35.3 Å². The van der Waals surface area contributed by atoms with E-state index in [1.165, 1.54) is 12.8 Å². The Morgan fingerprint density at radius 3 is 2.40 bits per heavy atom. The van der Waals surface area contributed by atoms with E-state index in [0.717, 1.165) is 30.4 Å². The second kappa shape index (κ2) is 5.56. The third kappa shape index (κ3) is 3.60. The van der Waals surface area contributed by atoms with Crippen LogP contribution in [-0.2, 0) is 5.41 Å². The minimum absolute atomic E-state index is 0.0777. The fourth-order valence-electron chi connectivity index (χ4n) is 2.21. The van der Waals surface area contributed by atoms with Gasteiger partial charge >= 0.3 is 0 Å². The minimum atomic E-state index is -0.0777. The Labute approximate surface area is 121 Å². The van der Waals surface area contributed by atoms with Gasteiger partial charge in [0.1, 0.15) is 17.5 Å². The van der Waals surface area contributed by atoms with Crippen molar-refractivity contribution in [2.45, 2.75) is 45.4 Å². The van der Waals surface area contributed by atoms with Crippen molar-refractivity contribution in [2.75, 3.05) is 30.8 Å². The van der Waals surface area contributed by atoms with Crippen LogP contribution in [0.1, 0.15) is 45.9 Å². The Bertz CT molecular complexity index is 463. The average molecular weight is 278 g/mol. The van der Waals surface area contributed by atoms with Gasteiger partial charge in [0.25, 0.3) is 0 Å². The Morgan fingerprint density at radius 1 is 1.25 bits per heavy atom. The van der Waals surface area contributed by atoms with Crippen LogP contribution in [0.2, 0.25) is 0 Å². The van der Waals surface area contributed by atoms with Crippen LogP contribution in [0, 0.1) is 5.41 Å². The van der Waals surface area contributed by atoms with Crippen molar-refractivity contribution >= 4 is 11.6 Å². The van der Waals surface area contributed by atoms with Gasteiger partial charge in [-0.05, 0) is 24.7 Å². The van der Waals surface area contributed by atoms with Crippen molar-refractivity contribution in [3.8, 4) is 0 Å². The summed E-state index contributed by atoms with van der Waals surface area (Å²) in [5.74, 6) is 2.52. The van der Waals surface area contributed by atoms with Gasteiger partial charge in [-0.1, -0.05) is 20.8 Å². The zero-order chi connectivity index (χ0) is 14.8. The van der Waals surface area contributed by atoms with Crippen LogP contribution in [0.4, 0.5) is 11.6 Å². The standard InChI is InChI=1S/C15H26N4O/c1-14(2,3)13-18-11(16-4)9-12(19-13)17-10-15(5-6-15)7-8-20/h9,20H,5-8,10H2,1-4H3,(H2,16,17,18,19). The van der Waals surface area contributed by atoms with Gasteiger partial charge in [0.05, 0.1) is 0 Å². The topological polar surface area (TPSA) is 70.1 Å². The summed E-state index contributed by atoms with van der Waals surface area (Å²) < 4.78 is 0. The van der Waals surface area contributed by atoms with E-state index in [1.54, 1.807) is 0 Å². The first-order valence-corrected chi connectivity index (χ1v) is 7.31. The highest BCUT2D eigenvalue weighted by atomic mass is 16.3. The molecule has 3 N–H and O–H groups in total. The average Bonchev–Trinajstić information content (AvgIpc) is 3.16. The predicted molar refractivity (Wildman–Crippen MR) is 82.1 cm³/mol. The molecule has 1 aliphatic rings. The first-order valence-electron chi connectivity index (χ1n) is 7.31. The summed E-state index contributed by atoms with van der Waals surface area (Å²) in [6, 6.07) is 1.93. The van der Waals surface area contributed by atoms with Gasteiger partial charge in [-0.15, -0.1) is 0 Å². The molecule has 20 heavy (non-hydrogen) atoms. The number of nitrogens with one attached hydrogen (secondary N) is 2. The minimum Gasteiger partial charge on any atom is -0.396 e. The number of aliphatic hydroxyl groups excluding tert-OH is 1. The van der Waals surface area contributed by atoms with Gasteiger partial charge < -0.3 is 15.7 Å². The highest BCUT2D eigenvalue weighted by Crippen LogP contribution is 2.48. The maximum absolute atomic E-state index is 9.11. The summed E-state index contributed by atoms with van der Waals surface area (Å²) in [6.45, 7) is 7.47. The molecular formula is C15H26N4O. The van der Waals surface area contributed by atoms with Gasteiger partial charge in [-0.25, -0.2) is 9.97 Å². The van der Waals surface area contributed by atoms with Crippen molar-refractivity contribution in [3.05, 3.63) is 11.9 Å². The number of hydrogen-bond acceptors (Lipinski definition) is 5. The van der Waals surface area contributed by atoms with Crippen LogP contribution >= 0.6 is 0 Å². The molecule has 5 heteroatoms. The molecule has 0 bridgehead atoms. The SMILES string of the molecule is CNc1cc(NCC2(CCO)CC2)nc(C(C)(C)C)n1. The largest absolute Gasteiger partial charge is 0.396 e. The van der Waals surface area contributed by atoms with Crippen LogP contribution in [0.3, 0.4) is 0 Å². The van der Waals surface area contributed by atoms with E-state index >= 15 is 0 Å². The summed E-state index contributed by atoms with van der Waals surface area (Å²) >= 11 is 0. The molecule has 0 aromatic carbocycles. The van der Waals surface area contributed by atoms with E-state index in [-0.39, 0.29) is 17.4 Å². The lowest BCUT2D eigenvalue weighted by Crippen LogP contribution is -2.21. The number of aromatic nitrogens is 2. The van der Waals surface area contributed by atoms with E-state index in [9.17, 15) is 0 Å². The monoisotopic (exact) mass is 278 g/mol. The van der Waals surface area contributed by atoms with E-state index in [1.807, 2.05) is 13.1 Å². The summed E-state index contributed by atoms with van der Waals surface area (Å²) in [5, 5.41) is 15.6. The smallest absolute Gasteiger partial charge is 0.138 e. The Kier molecular flexibility index (Phi) is 4.18. The quantitative estimate of drug-likeness (QED) is 0.745. The third-order valence-electron chi connectivity index (χ3n) is 3.90. The number of aliphatic hydroxyl groups is 1. The summed E-state index contributed by atoms with van der Waals surface area (Å²) in [6.07, 6.45) is 3.25. The van der Waals surface area contributed by atoms with Crippen molar-refractivity contribution in [1.82, 2.24) is 9.97 Å². The molecule has 1 fully saturated rings. The third-order valence-corrected chi connectivity index (χ3v) is 3.90. The molecule has 0 spiro atoms. The van der Waals surface area contributed by atoms with Crippen molar-refractivity contribution in [1.29, 1.82) is 0 Å². The normalized spacial score (nSPS) is 16.9. The molecule has 0 amide bonds. The first kappa shape index (κ1) is 15.0. The maximum Gasteiger partial charge on any atom is 0.138 e. The second-order valence-electron chi connectivity index (χ2n) is 6.79. The van der Waals surface area contributed by atoms with E-state index in [4.69, 9.17) is 5.11 Å². The predicted octanol–water partition coefficient (Wildman–Crippen LogP) is 2.39. The lowest BCUT2D eigenvalue weighted by atomic mass is 9.96. The molecule has 5 nitrogen and oxygen atoms in total. The molecule has 112 valence electrons. The Balaban J connectivity index is 2.11. The van der Waals surface area contributed by atoms with Crippen LogP contribution in [0.25, 0.3) is 0 Å². The Hall–Kier alpha value is -1.36. The molecule has 1 aromatic rings. The Morgan fingerprint density at radius 2 is 1.90 bits per heavy atom. The highest BCUT2D eigenvalue weighted by molar-refractivity contribution is 5.48. The summed E-state index contributed by atoms with van der Waals surface area (Å²) in [5.41, 5.74) is 0.201. The maximum atomic E-state index is 9.11. The molecule has 1 saturated carbocycles. The van der Waals surface area contributed by atoms with Gasteiger partial charge in [0.15, 0.2) is 0 Å². The second-order valence-corrected chi connectivity index (χ2v) is 6.79. The van der Waals surface area contributed by atoms with Crippen LogP contribution < -0.4 is 10.6 Å². The zero-order valence-electron chi connectivity index (χ0n) is 13.0. The lowest BCUT2D eigenvalue weighted by Gasteiger charge is -2.20. The van der Waals surface area contributed by atoms with Crippen molar-refractivity contribution in [2.24, 2.45) is 5.41 Å². The molecule has 1 aromatic heterocycles. The molecule has 0 unspecified atom stereocenters. The number of hydrogen-bond donors (Lipinski definition) is 3. The van der Waals surface area contributed by atoms with Crippen molar-refractivity contribution < 1.29 is 5.11 Å². The first-order chi connectivity index (χ1) is 9.38. The van der Waals surface area contributed by atoms with Gasteiger partial charge in [-0.3, -0.25) is 0 Å². The van der Waals surface area contributed by atoms with Gasteiger partial charge in [-0.2, -0.15) is 0 Å². The lowest BCUT2D eigenvalue weighted by molar-refractivity contribution is 0.253. The molecule has 2 rings (SSSR count). The molecule has 0 radical (unpaired) electrons. The fourth-order valence-corrected chi connectivity index (χ4v) is 2.21. The molecule has 1 heterocycles. The number of rotatable bonds is 6. The van der Waals surface area contributed by atoms with Gasteiger partial charge in [0.2, 0.25) is 0 Å². The molecule has 0 aliphatic heterocycles. The molecule has 0 atom stereocenters.